The Morgan fingerprint density at radius 3 is 1.72 bits per heavy atom. The lowest BCUT2D eigenvalue weighted by atomic mass is 9.95. The van der Waals surface area contributed by atoms with Gasteiger partial charge in [0, 0.05) is 32.8 Å². The van der Waals surface area contributed by atoms with Gasteiger partial charge < -0.3 is 4.42 Å². The smallest absolute Gasteiger partial charge is 0.164 e. The first kappa shape index (κ1) is 11.4. The first-order valence-electron chi connectivity index (χ1n) is 26.6. The lowest BCUT2D eigenvalue weighted by Crippen LogP contribution is -2.00. The SMILES string of the molecule is [2H]c1cc(-c2c([2H])c([2H])c([2H])c(-c3nc(-c4c([2H])c([2H])c([2H])c([2H])c4[2H])nc(-c4c([2H])c([2H])c5oc6c7c([2H])c([2H])c([2H])c([2H])c7c(-c7c([2H])c([2H])c([2H])c([2H])c7[2H])c([2H])c6c5c4[2H])n3)c2[2H])c([2H])c([2H])c1[2H]. The number of hydrogen-bond donors (Lipinski definition) is 0. The van der Waals surface area contributed by atoms with Crippen LogP contribution in [0.1, 0.15) is 35.6 Å². The third kappa shape index (κ3) is 4.84. The third-order valence-corrected chi connectivity index (χ3v) is 6.87. The van der Waals surface area contributed by atoms with Crippen LogP contribution >= 0.6 is 0 Å². The molecule has 2 heterocycles. The third-order valence-electron chi connectivity index (χ3n) is 6.87. The molecule has 0 atom stereocenters. The van der Waals surface area contributed by atoms with Crippen molar-refractivity contribution in [3.63, 3.8) is 0 Å². The summed E-state index contributed by atoms with van der Waals surface area (Å²) in [6, 6.07) is -21.1. The van der Waals surface area contributed by atoms with E-state index in [0.29, 0.717) is 0 Å². The Labute approximate surface area is 308 Å². The monoisotopic (exact) mass is 627 g/mol. The van der Waals surface area contributed by atoms with Gasteiger partial charge in [0.05, 0.1) is 35.6 Å². The van der Waals surface area contributed by atoms with Gasteiger partial charge in [-0.15, -0.1) is 0 Å². The first-order chi connectivity index (χ1) is 34.1. The molecule has 47 heavy (non-hydrogen) atoms. The minimum absolute atomic E-state index is 0.458. The van der Waals surface area contributed by atoms with Gasteiger partial charge in [-0.2, -0.15) is 0 Å². The molecular weight excluding hydrogens is 574 g/mol. The fraction of sp³-hybridized carbons (Fsp3) is 0. The Morgan fingerprint density at radius 1 is 0.383 bits per heavy atom. The minimum Gasteiger partial charge on any atom is -0.455 e. The second-order valence-corrected chi connectivity index (χ2v) is 9.64. The summed E-state index contributed by atoms with van der Waals surface area (Å²) < 4.78 is 233. The first-order valence-corrected chi connectivity index (χ1v) is 13.6. The molecule has 0 aliphatic rings. The number of benzene rings is 7. The Balaban J connectivity index is 1.48. The van der Waals surface area contributed by atoms with Gasteiger partial charge in [-0.3, -0.25) is 0 Å². The molecule has 9 rings (SSSR count). The molecule has 0 spiro atoms. The predicted molar refractivity (Wildman–Crippen MR) is 192 cm³/mol. The standard InChI is InChI=1S/C43H27N3O/c1-4-13-28(14-5-1)31-19-12-20-32(25-31)42-44-41(30-17-8-3-9-18-30)45-43(46-42)33-23-24-39-37(26-33)38-27-36(29-15-6-2-7-16-29)34-21-10-11-22-35(34)40(38)47-39/h1-27H/i1D,2D,3D,4D,5D,6D,7D,8D,9D,10D,11D,12D,13D,15D,16D,17D,18D,19D,20D,21D,22D,23D,24D,25D,26D,27D. The largest absolute Gasteiger partial charge is 0.455 e. The summed E-state index contributed by atoms with van der Waals surface area (Å²) >= 11 is 0. The number of aromatic nitrogens is 3. The van der Waals surface area contributed by atoms with Gasteiger partial charge in [-0.25, -0.2) is 15.0 Å². The summed E-state index contributed by atoms with van der Waals surface area (Å²) in [4.78, 5) is 13.0. The van der Waals surface area contributed by atoms with Crippen molar-refractivity contribution >= 4 is 32.7 Å². The lowest BCUT2D eigenvalue weighted by Gasteiger charge is -2.10. The molecule has 9 aromatic rings. The lowest BCUT2D eigenvalue weighted by molar-refractivity contribution is 0.672. The molecule has 4 nitrogen and oxygen atoms in total. The van der Waals surface area contributed by atoms with Crippen molar-refractivity contribution in [3.05, 3.63) is 163 Å². The van der Waals surface area contributed by atoms with E-state index in [1.54, 1.807) is 0 Å². The minimum atomic E-state index is -0.940. The van der Waals surface area contributed by atoms with E-state index < -0.39 is 246 Å². The van der Waals surface area contributed by atoms with Crippen LogP contribution < -0.4 is 0 Å². The predicted octanol–water partition coefficient (Wildman–Crippen LogP) is 11.3. The van der Waals surface area contributed by atoms with Crippen molar-refractivity contribution in [2.75, 3.05) is 0 Å². The topological polar surface area (TPSA) is 51.8 Å². The van der Waals surface area contributed by atoms with E-state index in [-0.39, 0.29) is 0 Å². The van der Waals surface area contributed by atoms with E-state index in [4.69, 9.17) is 33.2 Å². The molecule has 0 unspecified atom stereocenters. The Morgan fingerprint density at radius 2 is 0.957 bits per heavy atom. The Hall–Kier alpha value is -6.39. The van der Waals surface area contributed by atoms with E-state index in [1.807, 2.05) is 0 Å². The van der Waals surface area contributed by atoms with Gasteiger partial charge in [0.2, 0.25) is 0 Å². The van der Waals surface area contributed by atoms with Crippen LogP contribution in [0.3, 0.4) is 0 Å². The summed E-state index contributed by atoms with van der Waals surface area (Å²) in [6.45, 7) is 0. The highest BCUT2D eigenvalue weighted by Crippen LogP contribution is 2.40. The van der Waals surface area contributed by atoms with Crippen molar-refractivity contribution in [2.24, 2.45) is 0 Å². The van der Waals surface area contributed by atoms with Gasteiger partial charge >= 0.3 is 0 Å². The Bertz CT molecular complexity index is 4000. The van der Waals surface area contributed by atoms with Crippen LogP contribution in [-0.4, -0.2) is 15.0 Å². The maximum Gasteiger partial charge on any atom is 0.164 e. The molecule has 0 saturated heterocycles. The van der Waals surface area contributed by atoms with E-state index in [2.05, 4.69) is 15.0 Å². The zero-order valence-corrected chi connectivity index (χ0v) is 23.3. The molecule has 0 N–H and O–H groups in total. The number of hydrogen-bond acceptors (Lipinski definition) is 4. The van der Waals surface area contributed by atoms with Crippen LogP contribution in [0.5, 0.6) is 0 Å². The summed E-state index contributed by atoms with van der Waals surface area (Å²) in [6.07, 6.45) is 0. The molecule has 0 amide bonds. The highest BCUT2D eigenvalue weighted by Gasteiger charge is 2.18. The molecule has 0 aliphatic carbocycles. The molecule has 4 heteroatoms. The second-order valence-electron chi connectivity index (χ2n) is 9.64. The van der Waals surface area contributed by atoms with Crippen molar-refractivity contribution in [1.29, 1.82) is 0 Å². The summed E-state index contributed by atoms with van der Waals surface area (Å²) in [7, 11) is 0. The van der Waals surface area contributed by atoms with Gasteiger partial charge in [0.1, 0.15) is 11.2 Å². The quantitative estimate of drug-likeness (QED) is 0.190. The van der Waals surface area contributed by atoms with Crippen LogP contribution in [0.2, 0.25) is 0 Å². The maximum atomic E-state index is 9.74. The molecule has 0 radical (unpaired) electrons. The number of fused-ring (bicyclic) bond motifs is 5. The van der Waals surface area contributed by atoms with Crippen molar-refractivity contribution in [3.8, 4) is 56.4 Å². The molecular formula is C43H27N3O. The summed E-state index contributed by atoms with van der Waals surface area (Å²) in [5.74, 6) is -2.52. The fourth-order valence-electron chi connectivity index (χ4n) is 4.82. The summed E-state index contributed by atoms with van der Waals surface area (Å²) in [5, 5.41) is -2.13. The zero-order valence-electron chi connectivity index (χ0n) is 49.3. The van der Waals surface area contributed by atoms with Crippen molar-refractivity contribution in [2.45, 2.75) is 0 Å². The average molecular weight is 628 g/mol. The second kappa shape index (κ2) is 11.2. The van der Waals surface area contributed by atoms with Crippen LogP contribution in [0, 0.1) is 0 Å². The van der Waals surface area contributed by atoms with Crippen LogP contribution in [0.15, 0.2) is 168 Å². The highest BCUT2D eigenvalue weighted by atomic mass is 16.3. The van der Waals surface area contributed by atoms with E-state index in [1.165, 1.54) is 0 Å². The molecule has 220 valence electrons. The number of nitrogens with zero attached hydrogens (tertiary/aromatic N) is 3. The van der Waals surface area contributed by atoms with Gasteiger partial charge in [0.15, 0.2) is 17.5 Å². The fourth-order valence-corrected chi connectivity index (χ4v) is 4.82. The van der Waals surface area contributed by atoms with Crippen LogP contribution in [0.4, 0.5) is 0 Å². The highest BCUT2D eigenvalue weighted by molar-refractivity contribution is 6.19. The molecule has 0 aliphatic heterocycles. The van der Waals surface area contributed by atoms with Crippen molar-refractivity contribution in [1.82, 2.24) is 15.0 Å². The Kier molecular flexibility index (Phi) is 2.73. The van der Waals surface area contributed by atoms with Gasteiger partial charge in [-0.05, 0) is 57.9 Å². The van der Waals surface area contributed by atoms with Crippen molar-refractivity contribution < 1.29 is 40.1 Å². The summed E-state index contributed by atoms with van der Waals surface area (Å²) in [5.41, 5.74) is -5.83. The van der Waals surface area contributed by atoms with Crippen LogP contribution in [0.25, 0.3) is 89.1 Å². The molecule has 2 aromatic heterocycles. The maximum absolute atomic E-state index is 9.74. The van der Waals surface area contributed by atoms with E-state index in [9.17, 15) is 6.85 Å². The van der Waals surface area contributed by atoms with E-state index >= 15 is 0 Å². The normalized spacial score (nSPS) is 19.1. The number of furan rings is 1. The molecule has 0 bridgehead atoms. The molecule has 0 saturated carbocycles. The van der Waals surface area contributed by atoms with Crippen LogP contribution in [-0.2, 0) is 0 Å². The van der Waals surface area contributed by atoms with Gasteiger partial charge in [0.25, 0.3) is 0 Å². The van der Waals surface area contributed by atoms with E-state index in [0.717, 1.165) is 6.07 Å². The van der Waals surface area contributed by atoms with Gasteiger partial charge in [-0.1, -0.05) is 133 Å². The molecule has 7 aromatic carbocycles. The average Bonchev–Trinajstić information content (AvgIpc) is 3.77. The zero-order chi connectivity index (χ0) is 53.8. The number of rotatable bonds is 5. The molecule has 0 fully saturated rings.